The fraction of sp³-hybridized carbons (Fsp3) is 0.750. The smallest absolute Gasteiger partial charge is 0.185 e. The molecule has 1 aliphatic heterocycles. The van der Waals surface area contributed by atoms with E-state index < -0.39 is 0 Å². The van der Waals surface area contributed by atoms with Gasteiger partial charge in [-0.15, -0.1) is 11.3 Å². The Labute approximate surface area is 107 Å². The van der Waals surface area contributed by atoms with Crippen molar-refractivity contribution in [1.82, 2.24) is 10.3 Å². The van der Waals surface area contributed by atoms with Gasteiger partial charge in [0.15, 0.2) is 5.13 Å². The highest BCUT2D eigenvalue weighted by Gasteiger charge is 2.20. The summed E-state index contributed by atoms with van der Waals surface area (Å²) >= 11 is 1.74. The van der Waals surface area contributed by atoms with Crippen LogP contribution in [0.1, 0.15) is 25.5 Å². The Morgan fingerprint density at radius 3 is 3.00 bits per heavy atom. The topological polar surface area (TPSA) is 37.4 Å². The van der Waals surface area contributed by atoms with Gasteiger partial charge >= 0.3 is 0 Å². The van der Waals surface area contributed by atoms with E-state index >= 15 is 0 Å². The van der Waals surface area contributed by atoms with Gasteiger partial charge in [-0.3, -0.25) is 0 Å². The molecule has 0 radical (unpaired) electrons. The van der Waals surface area contributed by atoms with Gasteiger partial charge in [0.1, 0.15) is 0 Å². The van der Waals surface area contributed by atoms with Gasteiger partial charge in [-0.1, -0.05) is 6.92 Å². The van der Waals surface area contributed by atoms with E-state index in [2.05, 4.69) is 34.6 Å². The molecule has 1 aliphatic rings. The van der Waals surface area contributed by atoms with Crippen molar-refractivity contribution in [3.63, 3.8) is 0 Å². The highest BCUT2D eigenvalue weighted by Crippen LogP contribution is 2.24. The van der Waals surface area contributed by atoms with Crippen LogP contribution in [-0.2, 0) is 11.3 Å². The zero-order valence-electron chi connectivity index (χ0n) is 10.6. The molecule has 4 nitrogen and oxygen atoms in total. The molecule has 1 aromatic rings. The summed E-state index contributed by atoms with van der Waals surface area (Å²) in [5.41, 5.74) is 1.14. The van der Waals surface area contributed by atoms with E-state index in [1.54, 1.807) is 11.3 Å². The Balaban J connectivity index is 1.93. The van der Waals surface area contributed by atoms with E-state index in [0.717, 1.165) is 50.0 Å². The molecule has 2 heterocycles. The van der Waals surface area contributed by atoms with Crippen molar-refractivity contribution >= 4 is 16.5 Å². The fourth-order valence-electron chi connectivity index (χ4n) is 2.02. The van der Waals surface area contributed by atoms with E-state index in [0.29, 0.717) is 6.04 Å². The average molecular weight is 255 g/mol. The standard InChI is InChI=1S/C12H21N3OS/c1-3-13-8-10-9-17-12(14-10)15(2)11-4-6-16-7-5-11/h9,11,13H,3-8H2,1-2H3. The molecule has 1 fully saturated rings. The molecule has 0 amide bonds. The molecule has 96 valence electrons. The quantitative estimate of drug-likeness (QED) is 0.871. The van der Waals surface area contributed by atoms with Gasteiger partial charge in [-0.25, -0.2) is 4.98 Å². The molecule has 2 rings (SSSR count). The first kappa shape index (κ1) is 12.8. The predicted molar refractivity (Wildman–Crippen MR) is 71.7 cm³/mol. The highest BCUT2D eigenvalue weighted by molar-refractivity contribution is 7.13. The third kappa shape index (κ3) is 3.40. The van der Waals surface area contributed by atoms with Gasteiger partial charge in [0.25, 0.3) is 0 Å². The second kappa shape index (κ2) is 6.33. The molecular formula is C12H21N3OS. The first-order chi connectivity index (χ1) is 8.31. The monoisotopic (exact) mass is 255 g/mol. The molecule has 0 spiro atoms. The summed E-state index contributed by atoms with van der Waals surface area (Å²) in [5, 5.41) is 6.58. The molecule has 0 aliphatic carbocycles. The van der Waals surface area contributed by atoms with Crippen molar-refractivity contribution in [2.45, 2.75) is 32.4 Å². The first-order valence-electron chi connectivity index (χ1n) is 6.27. The summed E-state index contributed by atoms with van der Waals surface area (Å²) in [6, 6.07) is 0.585. The number of anilines is 1. The van der Waals surface area contributed by atoms with Gasteiger partial charge in [-0.2, -0.15) is 0 Å². The third-order valence-corrected chi connectivity index (χ3v) is 4.12. The van der Waals surface area contributed by atoms with Crippen LogP contribution in [0.15, 0.2) is 5.38 Å². The number of ether oxygens (including phenoxy) is 1. The second-order valence-electron chi connectivity index (χ2n) is 4.36. The molecule has 1 N–H and O–H groups in total. The molecule has 0 saturated carbocycles. The number of rotatable bonds is 5. The lowest BCUT2D eigenvalue weighted by molar-refractivity contribution is 0.0855. The molecule has 0 unspecified atom stereocenters. The fourth-order valence-corrected chi connectivity index (χ4v) is 2.88. The normalized spacial score (nSPS) is 17.3. The maximum atomic E-state index is 5.39. The zero-order valence-corrected chi connectivity index (χ0v) is 11.4. The van der Waals surface area contributed by atoms with Crippen LogP contribution in [0, 0.1) is 0 Å². The second-order valence-corrected chi connectivity index (χ2v) is 5.19. The number of nitrogens with zero attached hydrogens (tertiary/aromatic N) is 2. The van der Waals surface area contributed by atoms with E-state index in [9.17, 15) is 0 Å². The maximum absolute atomic E-state index is 5.39. The summed E-state index contributed by atoms with van der Waals surface area (Å²) in [6.07, 6.45) is 2.22. The maximum Gasteiger partial charge on any atom is 0.185 e. The number of aromatic nitrogens is 1. The number of hydrogen-bond acceptors (Lipinski definition) is 5. The number of hydrogen-bond donors (Lipinski definition) is 1. The SMILES string of the molecule is CCNCc1csc(N(C)C2CCOCC2)n1. The van der Waals surface area contributed by atoms with Crippen LogP contribution in [0.5, 0.6) is 0 Å². The van der Waals surface area contributed by atoms with E-state index in [-0.39, 0.29) is 0 Å². The number of nitrogens with one attached hydrogen (secondary N) is 1. The van der Waals surface area contributed by atoms with Crippen molar-refractivity contribution < 1.29 is 4.74 Å². The predicted octanol–water partition coefficient (Wildman–Crippen LogP) is 1.87. The Morgan fingerprint density at radius 1 is 1.53 bits per heavy atom. The Kier molecular flexibility index (Phi) is 4.76. The van der Waals surface area contributed by atoms with Crippen LogP contribution in [0.3, 0.4) is 0 Å². The summed E-state index contributed by atoms with van der Waals surface area (Å²) in [4.78, 5) is 6.97. The van der Waals surface area contributed by atoms with Crippen molar-refractivity contribution in [3.05, 3.63) is 11.1 Å². The van der Waals surface area contributed by atoms with Gasteiger partial charge in [0.05, 0.1) is 5.69 Å². The Bertz CT molecular complexity index is 336. The lowest BCUT2D eigenvalue weighted by Gasteiger charge is -2.30. The van der Waals surface area contributed by atoms with Crippen molar-refractivity contribution in [1.29, 1.82) is 0 Å². The molecular weight excluding hydrogens is 234 g/mol. The van der Waals surface area contributed by atoms with Gasteiger partial charge < -0.3 is 15.0 Å². The minimum absolute atomic E-state index is 0.585. The van der Waals surface area contributed by atoms with Crippen molar-refractivity contribution in [2.75, 3.05) is 31.7 Å². The molecule has 0 aromatic carbocycles. The molecule has 1 saturated heterocycles. The van der Waals surface area contributed by atoms with Crippen LogP contribution in [-0.4, -0.2) is 37.8 Å². The molecule has 17 heavy (non-hydrogen) atoms. The van der Waals surface area contributed by atoms with Gasteiger partial charge in [0.2, 0.25) is 0 Å². The van der Waals surface area contributed by atoms with Gasteiger partial charge in [0, 0.05) is 38.2 Å². The summed E-state index contributed by atoms with van der Waals surface area (Å²) < 4.78 is 5.39. The van der Waals surface area contributed by atoms with Crippen molar-refractivity contribution in [3.8, 4) is 0 Å². The van der Waals surface area contributed by atoms with Crippen LogP contribution in [0.4, 0.5) is 5.13 Å². The molecule has 1 aromatic heterocycles. The van der Waals surface area contributed by atoms with E-state index in [1.165, 1.54) is 0 Å². The summed E-state index contributed by atoms with van der Waals surface area (Å²) in [7, 11) is 2.14. The van der Waals surface area contributed by atoms with Crippen molar-refractivity contribution in [2.24, 2.45) is 0 Å². The third-order valence-electron chi connectivity index (χ3n) is 3.14. The van der Waals surface area contributed by atoms with Crippen LogP contribution in [0.2, 0.25) is 0 Å². The molecule has 5 heteroatoms. The summed E-state index contributed by atoms with van der Waals surface area (Å²) in [6.45, 7) is 5.73. The Hall–Kier alpha value is -0.650. The zero-order chi connectivity index (χ0) is 12.1. The molecule has 0 atom stereocenters. The minimum atomic E-state index is 0.585. The minimum Gasteiger partial charge on any atom is -0.381 e. The summed E-state index contributed by atoms with van der Waals surface area (Å²) in [5.74, 6) is 0. The van der Waals surface area contributed by atoms with E-state index in [1.807, 2.05) is 0 Å². The lowest BCUT2D eigenvalue weighted by atomic mass is 10.1. The lowest BCUT2D eigenvalue weighted by Crippen LogP contribution is -2.36. The van der Waals surface area contributed by atoms with Crippen LogP contribution in [0.25, 0.3) is 0 Å². The van der Waals surface area contributed by atoms with Crippen LogP contribution < -0.4 is 10.2 Å². The largest absolute Gasteiger partial charge is 0.381 e. The Morgan fingerprint density at radius 2 is 2.29 bits per heavy atom. The average Bonchev–Trinajstić information content (AvgIpc) is 2.85. The highest BCUT2D eigenvalue weighted by atomic mass is 32.1. The number of thiazole rings is 1. The first-order valence-corrected chi connectivity index (χ1v) is 7.15. The van der Waals surface area contributed by atoms with Crippen LogP contribution >= 0.6 is 11.3 Å². The molecule has 0 bridgehead atoms. The van der Waals surface area contributed by atoms with E-state index in [4.69, 9.17) is 4.74 Å². The van der Waals surface area contributed by atoms with Gasteiger partial charge in [-0.05, 0) is 19.4 Å².